The molecule has 0 amide bonds. The third-order valence-corrected chi connectivity index (χ3v) is 3.66. The predicted octanol–water partition coefficient (Wildman–Crippen LogP) is 2.97. The summed E-state index contributed by atoms with van der Waals surface area (Å²) in [5.74, 6) is 0.862. The van der Waals surface area contributed by atoms with Gasteiger partial charge in [0, 0.05) is 17.6 Å². The Morgan fingerprint density at radius 1 is 1.22 bits per heavy atom. The van der Waals surface area contributed by atoms with Crippen LogP contribution in [-0.2, 0) is 0 Å². The molecule has 1 aromatic rings. The summed E-state index contributed by atoms with van der Waals surface area (Å²) in [6, 6.07) is 7.77. The van der Waals surface area contributed by atoms with Gasteiger partial charge in [0.15, 0.2) is 0 Å². The summed E-state index contributed by atoms with van der Waals surface area (Å²) in [7, 11) is 0. The number of benzene rings is 1. The van der Waals surface area contributed by atoms with Gasteiger partial charge in [-0.15, -0.1) is 0 Å². The molecule has 2 N–H and O–H groups in total. The van der Waals surface area contributed by atoms with Crippen molar-refractivity contribution in [2.45, 2.75) is 32.3 Å². The lowest BCUT2D eigenvalue weighted by atomic mass is 9.98. The van der Waals surface area contributed by atoms with Crippen LogP contribution < -0.4 is 10.1 Å². The second-order valence-corrected chi connectivity index (χ2v) is 5.33. The van der Waals surface area contributed by atoms with Crippen LogP contribution in [0, 0.1) is 0 Å². The van der Waals surface area contributed by atoms with Gasteiger partial charge < -0.3 is 15.2 Å². The monoisotopic (exact) mass is 315 g/mol. The van der Waals surface area contributed by atoms with E-state index >= 15 is 0 Å². The smallest absolute Gasteiger partial charge is 0.119 e. The summed E-state index contributed by atoms with van der Waals surface area (Å²) in [5.41, 5.74) is -0.586. The maximum Gasteiger partial charge on any atom is 0.119 e. The molecule has 18 heavy (non-hydrogen) atoms. The zero-order chi connectivity index (χ0) is 13.4. The van der Waals surface area contributed by atoms with Crippen molar-refractivity contribution >= 4 is 15.9 Å². The second kappa shape index (κ2) is 7.77. The topological polar surface area (TPSA) is 41.5 Å². The van der Waals surface area contributed by atoms with Gasteiger partial charge in [-0.25, -0.2) is 0 Å². The van der Waals surface area contributed by atoms with Gasteiger partial charge in [0.2, 0.25) is 0 Å². The molecule has 0 spiro atoms. The number of nitrogens with one attached hydrogen (secondary N) is 1. The fourth-order valence-corrected chi connectivity index (χ4v) is 1.86. The first-order chi connectivity index (χ1) is 8.59. The largest absolute Gasteiger partial charge is 0.492 e. The summed E-state index contributed by atoms with van der Waals surface area (Å²) >= 11 is 3.38. The van der Waals surface area contributed by atoms with Gasteiger partial charge in [-0.3, -0.25) is 0 Å². The minimum Gasteiger partial charge on any atom is -0.492 e. The van der Waals surface area contributed by atoms with Crippen LogP contribution in [0.3, 0.4) is 0 Å². The van der Waals surface area contributed by atoms with E-state index in [9.17, 15) is 5.11 Å². The Morgan fingerprint density at radius 3 is 2.39 bits per heavy atom. The van der Waals surface area contributed by atoms with Gasteiger partial charge in [0.25, 0.3) is 0 Å². The lowest BCUT2D eigenvalue weighted by Gasteiger charge is -2.25. The van der Waals surface area contributed by atoms with Crippen molar-refractivity contribution in [2.75, 3.05) is 19.7 Å². The zero-order valence-electron chi connectivity index (χ0n) is 11.1. The standard InChI is InChI=1S/C14H22BrNO2/c1-3-14(17,4-2)11-16-9-10-18-13-7-5-12(15)6-8-13/h5-8,16-17H,3-4,9-11H2,1-2H3. The molecule has 0 unspecified atom stereocenters. The van der Waals surface area contributed by atoms with Crippen LogP contribution in [0.2, 0.25) is 0 Å². The average Bonchev–Trinajstić information content (AvgIpc) is 2.40. The molecule has 0 aliphatic heterocycles. The molecular formula is C14H22BrNO2. The van der Waals surface area contributed by atoms with Crippen molar-refractivity contribution in [1.82, 2.24) is 5.32 Å². The number of rotatable bonds is 8. The van der Waals surface area contributed by atoms with E-state index in [-0.39, 0.29) is 0 Å². The minimum atomic E-state index is -0.586. The van der Waals surface area contributed by atoms with E-state index in [1.165, 1.54) is 0 Å². The van der Waals surface area contributed by atoms with Crippen LogP contribution >= 0.6 is 15.9 Å². The summed E-state index contributed by atoms with van der Waals surface area (Å²) in [6.07, 6.45) is 1.54. The average molecular weight is 316 g/mol. The molecule has 0 saturated carbocycles. The van der Waals surface area contributed by atoms with E-state index in [1.54, 1.807) is 0 Å². The number of hydrogen-bond donors (Lipinski definition) is 2. The molecule has 0 fully saturated rings. The first kappa shape index (κ1) is 15.5. The molecule has 3 nitrogen and oxygen atoms in total. The first-order valence-electron chi connectivity index (χ1n) is 6.41. The van der Waals surface area contributed by atoms with Gasteiger partial charge in [-0.05, 0) is 37.1 Å². The van der Waals surface area contributed by atoms with Crippen molar-refractivity contribution in [3.8, 4) is 5.75 Å². The Balaban J connectivity index is 2.17. The van der Waals surface area contributed by atoms with Crippen LogP contribution in [0.25, 0.3) is 0 Å². The molecule has 0 aliphatic carbocycles. The molecule has 1 aromatic carbocycles. The maximum atomic E-state index is 10.1. The van der Waals surface area contributed by atoms with Crippen LogP contribution in [0.1, 0.15) is 26.7 Å². The fraction of sp³-hybridized carbons (Fsp3) is 0.571. The van der Waals surface area contributed by atoms with E-state index in [4.69, 9.17) is 4.74 Å². The molecule has 0 radical (unpaired) electrons. The fourth-order valence-electron chi connectivity index (χ4n) is 1.59. The number of hydrogen-bond acceptors (Lipinski definition) is 3. The molecule has 0 aliphatic rings. The summed E-state index contributed by atoms with van der Waals surface area (Å²) in [5, 5.41) is 13.3. The van der Waals surface area contributed by atoms with Gasteiger partial charge in [0.1, 0.15) is 12.4 Å². The Hall–Kier alpha value is -0.580. The van der Waals surface area contributed by atoms with Gasteiger partial charge >= 0.3 is 0 Å². The van der Waals surface area contributed by atoms with E-state index < -0.39 is 5.60 Å². The Morgan fingerprint density at radius 2 is 1.83 bits per heavy atom. The SMILES string of the molecule is CCC(O)(CC)CNCCOc1ccc(Br)cc1. The third-order valence-electron chi connectivity index (χ3n) is 3.13. The lowest BCUT2D eigenvalue weighted by Crippen LogP contribution is -2.40. The van der Waals surface area contributed by atoms with E-state index in [0.29, 0.717) is 13.2 Å². The number of ether oxygens (including phenoxy) is 1. The van der Waals surface area contributed by atoms with Crippen LogP contribution in [0.5, 0.6) is 5.75 Å². The van der Waals surface area contributed by atoms with Crippen LogP contribution in [0.15, 0.2) is 28.7 Å². The van der Waals surface area contributed by atoms with Crippen molar-refractivity contribution in [3.63, 3.8) is 0 Å². The lowest BCUT2D eigenvalue weighted by molar-refractivity contribution is 0.0320. The zero-order valence-corrected chi connectivity index (χ0v) is 12.7. The van der Waals surface area contributed by atoms with Crippen LogP contribution in [-0.4, -0.2) is 30.4 Å². The highest BCUT2D eigenvalue weighted by Gasteiger charge is 2.20. The minimum absolute atomic E-state index is 0.586. The van der Waals surface area contributed by atoms with Crippen molar-refractivity contribution in [1.29, 1.82) is 0 Å². The van der Waals surface area contributed by atoms with E-state index in [1.807, 2.05) is 38.1 Å². The molecule has 0 heterocycles. The Kier molecular flexibility index (Phi) is 6.68. The highest BCUT2D eigenvalue weighted by molar-refractivity contribution is 9.10. The van der Waals surface area contributed by atoms with Gasteiger partial charge in [0.05, 0.1) is 5.60 Å². The molecule has 0 aromatic heterocycles. The van der Waals surface area contributed by atoms with Crippen molar-refractivity contribution in [3.05, 3.63) is 28.7 Å². The van der Waals surface area contributed by atoms with Gasteiger partial charge in [-0.1, -0.05) is 29.8 Å². The Bertz CT molecular complexity index is 336. The molecule has 4 heteroatoms. The van der Waals surface area contributed by atoms with Crippen molar-refractivity contribution in [2.24, 2.45) is 0 Å². The highest BCUT2D eigenvalue weighted by Crippen LogP contribution is 2.16. The molecule has 0 atom stereocenters. The quantitative estimate of drug-likeness (QED) is 0.725. The molecular weight excluding hydrogens is 294 g/mol. The van der Waals surface area contributed by atoms with E-state index in [2.05, 4.69) is 21.2 Å². The second-order valence-electron chi connectivity index (χ2n) is 4.41. The summed E-state index contributed by atoms with van der Waals surface area (Å²) in [6.45, 7) is 5.96. The summed E-state index contributed by atoms with van der Waals surface area (Å²) < 4.78 is 6.62. The first-order valence-corrected chi connectivity index (χ1v) is 7.20. The number of halogens is 1. The van der Waals surface area contributed by atoms with Gasteiger partial charge in [-0.2, -0.15) is 0 Å². The van der Waals surface area contributed by atoms with Crippen LogP contribution in [0.4, 0.5) is 0 Å². The highest BCUT2D eigenvalue weighted by atomic mass is 79.9. The predicted molar refractivity (Wildman–Crippen MR) is 78.0 cm³/mol. The third kappa shape index (κ3) is 5.38. The molecule has 1 rings (SSSR count). The number of aliphatic hydroxyl groups is 1. The van der Waals surface area contributed by atoms with E-state index in [0.717, 1.165) is 29.6 Å². The molecule has 0 bridgehead atoms. The maximum absolute atomic E-state index is 10.1. The molecule has 0 saturated heterocycles. The Labute approximate surface area is 118 Å². The normalized spacial score (nSPS) is 11.6. The molecule has 102 valence electrons. The van der Waals surface area contributed by atoms with Crippen molar-refractivity contribution < 1.29 is 9.84 Å². The summed E-state index contributed by atoms with van der Waals surface area (Å²) in [4.78, 5) is 0.